The van der Waals surface area contributed by atoms with Gasteiger partial charge in [-0.2, -0.15) is 0 Å². The molecule has 27 heavy (non-hydrogen) atoms. The number of fused-ring (bicyclic) bond motifs is 1. The molecule has 150 valence electrons. The first-order valence-corrected chi connectivity index (χ1v) is 9.76. The van der Waals surface area contributed by atoms with Crippen molar-refractivity contribution in [3.63, 3.8) is 0 Å². The molecular weight excluding hydrogens is 368 g/mol. The summed E-state index contributed by atoms with van der Waals surface area (Å²) in [7, 11) is 0. The maximum absolute atomic E-state index is 12.7. The summed E-state index contributed by atoms with van der Waals surface area (Å²) in [5, 5.41) is 3.16. The average molecular weight is 397 g/mol. The van der Waals surface area contributed by atoms with E-state index in [-0.39, 0.29) is 30.5 Å². The van der Waals surface area contributed by atoms with Crippen molar-refractivity contribution in [1.29, 1.82) is 0 Å². The number of benzene rings is 1. The number of hydrogen-bond acceptors (Lipinski definition) is 5. The lowest BCUT2D eigenvalue weighted by Crippen LogP contribution is -2.60. The average Bonchev–Trinajstić information content (AvgIpc) is 2.73. The number of rotatable bonds is 4. The lowest BCUT2D eigenvalue weighted by molar-refractivity contribution is -0.131. The second kappa shape index (κ2) is 9.13. The van der Waals surface area contributed by atoms with Crippen LogP contribution >= 0.6 is 12.4 Å². The van der Waals surface area contributed by atoms with Crippen LogP contribution in [0.3, 0.4) is 0 Å². The summed E-state index contributed by atoms with van der Waals surface area (Å²) in [5.74, 6) is 1.26. The highest BCUT2D eigenvalue weighted by atomic mass is 35.5. The molecule has 1 N–H and O–H groups in total. The molecule has 1 aromatic carbocycles. The molecule has 4 rings (SSSR count). The zero-order chi connectivity index (χ0) is 17.8. The minimum absolute atomic E-state index is 0. The molecule has 0 bridgehead atoms. The Balaban J connectivity index is 0.00000210. The third-order valence-electron chi connectivity index (χ3n) is 5.86. The van der Waals surface area contributed by atoms with E-state index in [1.807, 2.05) is 24.3 Å². The number of carbonyl (C=O) groups excluding carboxylic acids is 1. The second-order valence-corrected chi connectivity index (χ2v) is 7.47. The lowest BCUT2D eigenvalue weighted by Gasteiger charge is -2.48. The van der Waals surface area contributed by atoms with Gasteiger partial charge >= 0.3 is 0 Å². The molecule has 7 heteroatoms. The summed E-state index contributed by atoms with van der Waals surface area (Å²) in [6, 6.07) is 7.49. The Morgan fingerprint density at radius 1 is 1.11 bits per heavy atom. The van der Waals surface area contributed by atoms with Crippen LogP contribution in [0.2, 0.25) is 0 Å². The van der Waals surface area contributed by atoms with Crippen molar-refractivity contribution in [2.45, 2.75) is 43.7 Å². The highest BCUT2D eigenvalue weighted by Crippen LogP contribution is 2.34. The quantitative estimate of drug-likeness (QED) is 0.846. The van der Waals surface area contributed by atoms with E-state index < -0.39 is 6.10 Å². The second-order valence-electron chi connectivity index (χ2n) is 7.47. The minimum atomic E-state index is -0.588. The van der Waals surface area contributed by atoms with E-state index in [9.17, 15) is 4.79 Å². The molecule has 1 amide bonds. The van der Waals surface area contributed by atoms with Crippen molar-refractivity contribution in [2.75, 3.05) is 39.5 Å². The van der Waals surface area contributed by atoms with Gasteiger partial charge in [0.2, 0.25) is 6.10 Å². The van der Waals surface area contributed by atoms with Gasteiger partial charge in [-0.05, 0) is 25.0 Å². The summed E-state index contributed by atoms with van der Waals surface area (Å²) in [4.78, 5) is 15.2. The van der Waals surface area contributed by atoms with Gasteiger partial charge in [-0.15, -0.1) is 12.4 Å². The number of ether oxygens (including phenoxy) is 3. The van der Waals surface area contributed by atoms with E-state index in [0.717, 1.165) is 39.1 Å². The van der Waals surface area contributed by atoms with Crippen LogP contribution in [-0.4, -0.2) is 61.9 Å². The predicted molar refractivity (Wildman–Crippen MR) is 105 cm³/mol. The molecule has 0 spiro atoms. The number of halogens is 1. The summed E-state index contributed by atoms with van der Waals surface area (Å²) < 4.78 is 17.0. The van der Waals surface area contributed by atoms with Crippen molar-refractivity contribution in [3.8, 4) is 11.5 Å². The Morgan fingerprint density at radius 2 is 1.81 bits per heavy atom. The van der Waals surface area contributed by atoms with Crippen molar-refractivity contribution < 1.29 is 19.0 Å². The molecule has 1 unspecified atom stereocenters. The molecule has 2 fully saturated rings. The number of para-hydroxylation sites is 2. The highest BCUT2D eigenvalue weighted by molar-refractivity contribution is 5.85. The van der Waals surface area contributed by atoms with Crippen LogP contribution in [0.5, 0.6) is 11.5 Å². The van der Waals surface area contributed by atoms with Gasteiger partial charge in [0.1, 0.15) is 6.61 Å². The first kappa shape index (κ1) is 20.2. The molecule has 2 heterocycles. The van der Waals surface area contributed by atoms with Crippen LogP contribution in [-0.2, 0) is 9.53 Å². The normalized spacial score (nSPS) is 24.5. The first-order chi connectivity index (χ1) is 12.8. The maximum atomic E-state index is 12.7. The molecule has 1 saturated heterocycles. The predicted octanol–water partition coefficient (Wildman–Crippen LogP) is 2.40. The van der Waals surface area contributed by atoms with Crippen LogP contribution in [0.4, 0.5) is 0 Å². The Hall–Kier alpha value is -1.50. The molecule has 0 radical (unpaired) electrons. The van der Waals surface area contributed by atoms with Crippen LogP contribution in [0, 0.1) is 0 Å². The van der Waals surface area contributed by atoms with Crippen LogP contribution in [0.25, 0.3) is 0 Å². The van der Waals surface area contributed by atoms with Crippen molar-refractivity contribution in [2.24, 2.45) is 0 Å². The van der Waals surface area contributed by atoms with Gasteiger partial charge in [-0.1, -0.05) is 31.4 Å². The molecule has 1 atom stereocenters. The standard InChI is InChI=1S/C20H28N2O4.ClH/c23-19(18-14-25-16-6-2-3-7-17(16)26-18)21-15-20(8-4-1-5-9-20)22-10-12-24-13-11-22;/h2-3,6-7,18H,1,4-5,8-15H2,(H,21,23);1H. The molecule has 6 nitrogen and oxygen atoms in total. The van der Waals surface area contributed by atoms with Crippen LogP contribution in [0.1, 0.15) is 32.1 Å². The van der Waals surface area contributed by atoms with Gasteiger partial charge < -0.3 is 19.5 Å². The number of nitrogens with one attached hydrogen (secondary N) is 1. The third kappa shape index (κ3) is 4.50. The van der Waals surface area contributed by atoms with Crippen molar-refractivity contribution >= 4 is 18.3 Å². The number of carbonyl (C=O) groups is 1. The topological polar surface area (TPSA) is 60.0 Å². The summed E-state index contributed by atoms with van der Waals surface area (Å²) in [6.07, 6.45) is 5.43. The van der Waals surface area contributed by atoms with Crippen molar-refractivity contribution in [1.82, 2.24) is 10.2 Å². The van der Waals surface area contributed by atoms with E-state index in [2.05, 4.69) is 10.2 Å². The number of amides is 1. The zero-order valence-corrected chi connectivity index (χ0v) is 16.5. The maximum Gasteiger partial charge on any atom is 0.264 e. The van der Waals surface area contributed by atoms with Gasteiger partial charge in [0.25, 0.3) is 5.91 Å². The first-order valence-electron chi connectivity index (χ1n) is 9.76. The fourth-order valence-electron chi connectivity index (χ4n) is 4.37. The van der Waals surface area contributed by atoms with Gasteiger partial charge in [-0.25, -0.2) is 0 Å². The van der Waals surface area contributed by atoms with E-state index >= 15 is 0 Å². The SMILES string of the molecule is Cl.O=C(NCC1(N2CCOCC2)CCCCC1)C1COc2ccccc2O1. The molecule has 1 aromatic rings. The van der Waals surface area contributed by atoms with Gasteiger partial charge in [0.15, 0.2) is 11.5 Å². The van der Waals surface area contributed by atoms with Gasteiger partial charge in [0, 0.05) is 25.2 Å². The molecule has 1 aliphatic carbocycles. The number of hydrogen-bond donors (Lipinski definition) is 1. The van der Waals surface area contributed by atoms with E-state index in [1.165, 1.54) is 19.3 Å². The van der Waals surface area contributed by atoms with Gasteiger partial charge in [0.05, 0.1) is 13.2 Å². The van der Waals surface area contributed by atoms with Gasteiger partial charge in [-0.3, -0.25) is 9.69 Å². The lowest BCUT2D eigenvalue weighted by atomic mass is 9.79. The Labute approximate surface area is 166 Å². The number of morpholine rings is 1. The largest absolute Gasteiger partial charge is 0.485 e. The fourth-order valence-corrected chi connectivity index (χ4v) is 4.37. The Bertz CT molecular complexity index is 630. The molecule has 2 aliphatic heterocycles. The Morgan fingerprint density at radius 3 is 2.56 bits per heavy atom. The molecule has 3 aliphatic rings. The molecule has 1 saturated carbocycles. The monoisotopic (exact) mass is 396 g/mol. The van der Waals surface area contributed by atoms with Crippen LogP contribution in [0.15, 0.2) is 24.3 Å². The van der Waals surface area contributed by atoms with Crippen molar-refractivity contribution in [3.05, 3.63) is 24.3 Å². The number of nitrogens with zero attached hydrogens (tertiary/aromatic N) is 1. The summed E-state index contributed by atoms with van der Waals surface area (Å²) >= 11 is 0. The van der Waals surface area contributed by atoms with E-state index in [0.29, 0.717) is 18.0 Å². The summed E-state index contributed by atoms with van der Waals surface area (Å²) in [6.45, 7) is 4.40. The smallest absolute Gasteiger partial charge is 0.264 e. The zero-order valence-electron chi connectivity index (χ0n) is 15.7. The molecule has 0 aromatic heterocycles. The fraction of sp³-hybridized carbons (Fsp3) is 0.650. The van der Waals surface area contributed by atoms with Crippen LogP contribution < -0.4 is 14.8 Å². The van der Waals surface area contributed by atoms with E-state index in [4.69, 9.17) is 14.2 Å². The molecular formula is C20H29ClN2O4. The van der Waals surface area contributed by atoms with E-state index in [1.54, 1.807) is 0 Å². The Kier molecular flexibility index (Phi) is 6.84. The minimum Gasteiger partial charge on any atom is -0.485 e. The highest BCUT2D eigenvalue weighted by Gasteiger charge is 2.39. The third-order valence-corrected chi connectivity index (χ3v) is 5.86. The summed E-state index contributed by atoms with van der Waals surface area (Å²) in [5.41, 5.74) is 0.0606.